The number of hydrogen-bond acceptors (Lipinski definition) is 3. The van der Waals surface area contributed by atoms with Gasteiger partial charge in [-0.25, -0.2) is 8.42 Å². The predicted molar refractivity (Wildman–Crippen MR) is 156 cm³/mol. The molecule has 4 nitrogen and oxygen atoms in total. The molecule has 0 aromatic heterocycles. The Kier molecular flexibility index (Phi) is 6.75. The third kappa shape index (κ3) is 4.68. The molecule has 5 heteroatoms. The Morgan fingerprint density at radius 2 is 1.42 bits per heavy atom. The number of rotatable bonds is 5. The molecule has 1 heterocycles. The van der Waals surface area contributed by atoms with E-state index in [0.29, 0.717) is 18.0 Å². The van der Waals surface area contributed by atoms with Gasteiger partial charge in [0.1, 0.15) is 0 Å². The monoisotopic (exact) mass is 527 g/mol. The highest BCUT2D eigenvalue weighted by molar-refractivity contribution is 7.89. The molecule has 0 spiro atoms. The largest absolute Gasteiger partial charge is 0.368 e. The van der Waals surface area contributed by atoms with Crippen molar-refractivity contribution in [1.82, 2.24) is 4.31 Å². The Hall–Kier alpha value is -2.99. The molecule has 0 N–H and O–H groups in total. The summed E-state index contributed by atoms with van der Waals surface area (Å²) in [6.45, 7) is 15.4. The molecule has 0 fully saturated rings. The maximum absolute atomic E-state index is 14.0. The van der Waals surface area contributed by atoms with E-state index in [-0.39, 0.29) is 11.7 Å². The van der Waals surface area contributed by atoms with Crippen LogP contribution in [0, 0.1) is 20.8 Å². The van der Waals surface area contributed by atoms with Gasteiger partial charge >= 0.3 is 0 Å². The Bertz CT molecular complexity index is 1620. The Balaban J connectivity index is 1.66. The van der Waals surface area contributed by atoms with Crippen LogP contribution in [0.2, 0.25) is 0 Å². The average Bonchev–Trinajstić information content (AvgIpc) is 3.32. The minimum absolute atomic E-state index is 0.154. The van der Waals surface area contributed by atoms with Gasteiger partial charge in [-0.15, -0.1) is 0 Å². The fourth-order valence-corrected chi connectivity index (χ4v) is 7.50. The van der Waals surface area contributed by atoms with E-state index in [4.69, 9.17) is 4.74 Å². The first-order chi connectivity index (χ1) is 17.9. The van der Waals surface area contributed by atoms with Crippen LogP contribution in [-0.2, 0) is 27.8 Å². The summed E-state index contributed by atoms with van der Waals surface area (Å²) in [4.78, 5) is 0.363. The van der Waals surface area contributed by atoms with E-state index in [2.05, 4.69) is 72.7 Å². The van der Waals surface area contributed by atoms with Crippen LogP contribution >= 0.6 is 0 Å². The van der Waals surface area contributed by atoms with Gasteiger partial charge in [-0.2, -0.15) is 4.31 Å². The first kappa shape index (κ1) is 26.6. The van der Waals surface area contributed by atoms with Gasteiger partial charge in [0.05, 0.1) is 16.6 Å². The number of sulfonamides is 1. The van der Waals surface area contributed by atoms with Gasteiger partial charge in [0.15, 0.2) is 0 Å². The van der Waals surface area contributed by atoms with Gasteiger partial charge in [0.2, 0.25) is 10.0 Å². The van der Waals surface area contributed by atoms with Crippen molar-refractivity contribution < 1.29 is 13.2 Å². The van der Waals surface area contributed by atoms with E-state index < -0.39 is 10.0 Å². The van der Waals surface area contributed by atoms with E-state index in [1.54, 1.807) is 10.4 Å². The van der Waals surface area contributed by atoms with Crippen LogP contribution < -0.4 is 0 Å². The molecule has 1 aliphatic rings. The average molecular weight is 528 g/mol. The lowest BCUT2D eigenvalue weighted by Crippen LogP contribution is -2.26. The summed E-state index contributed by atoms with van der Waals surface area (Å²) < 4.78 is 36.2. The molecule has 5 rings (SSSR count). The standard InChI is InChI=1S/C33H37NO3S/c1-21-15-17-26(18-16-21)32-23(3)29-20-34(19-28(29)22(2)31(32)24(4)37-33(5,6)7)38(35,36)30-14-10-12-25-11-8-9-13-27(25)30/h8-18,24H,19-20H2,1-7H3. The number of fused-ring (bicyclic) bond motifs is 2. The van der Waals surface area contributed by atoms with Crippen LogP contribution in [-0.4, -0.2) is 18.3 Å². The van der Waals surface area contributed by atoms with Crippen LogP contribution in [0.25, 0.3) is 21.9 Å². The van der Waals surface area contributed by atoms with Gasteiger partial charge in [-0.3, -0.25) is 0 Å². The highest BCUT2D eigenvalue weighted by Gasteiger charge is 2.36. The van der Waals surface area contributed by atoms with E-state index >= 15 is 0 Å². The second-order valence-corrected chi connectivity index (χ2v) is 13.4. The zero-order valence-corrected chi connectivity index (χ0v) is 24.2. The minimum Gasteiger partial charge on any atom is -0.368 e. The number of hydrogen-bond donors (Lipinski definition) is 0. The van der Waals surface area contributed by atoms with Crippen LogP contribution in [0.1, 0.15) is 67.2 Å². The fraction of sp³-hybridized carbons (Fsp3) is 0.333. The summed E-state index contributed by atoms with van der Waals surface area (Å²) in [5, 5.41) is 1.68. The van der Waals surface area contributed by atoms with Crippen molar-refractivity contribution in [1.29, 1.82) is 0 Å². The summed E-state index contributed by atoms with van der Waals surface area (Å²) in [6, 6.07) is 21.8. The summed E-state index contributed by atoms with van der Waals surface area (Å²) in [5.74, 6) is 0. The molecule has 0 radical (unpaired) electrons. The molecule has 0 bridgehead atoms. The molecule has 0 amide bonds. The summed E-state index contributed by atoms with van der Waals surface area (Å²) in [6.07, 6.45) is -0.154. The number of nitrogens with zero attached hydrogens (tertiary/aromatic N) is 1. The molecule has 0 saturated heterocycles. The molecule has 1 aliphatic heterocycles. The van der Waals surface area contributed by atoms with E-state index in [9.17, 15) is 8.42 Å². The van der Waals surface area contributed by atoms with Crippen molar-refractivity contribution in [3.05, 3.63) is 100 Å². The second kappa shape index (κ2) is 9.64. The SMILES string of the molecule is Cc1ccc(-c2c(C)c3c(c(C)c2C(C)OC(C)(C)C)CN(S(=O)(=O)c2cccc4ccccc24)C3)cc1. The minimum atomic E-state index is -3.71. The quantitative estimate of drug-likeness (QED) is 0.264. The highest BCUT2D eigenvalue weighted by atomic mass is 32.2. The Morgan fingerprint density at radius 3 is 2.08 bits per heavy atom. The maximum atomic E-state index is 14.0. The lowest BCUT2D eigenvalue weighted by atomic mass is 9.83. The molecule has 38 heavy (non-hydrogen) atoms. The third-order valence-corrected chi connectivity index (χ3v) is 9.48. The molecule has 1 unspecified atom stereocenters. The van der Waals surface area contributed by atoms with Crippen molar-refractivity contribution in [2.24, 2.45) is 0 Å². The summed E-state index contributed by atoms with van der Waals surface area (Å²) in [7, 11) is -3.71. The second-order valence-electron chi connectivity index (χ2n) is 11.5. The fourth-order valence-electron chi connectivity index (χ4n) is 5.91. The van der Waals surface area contributed by atoms with E-state index in [0.717, 1.165) is 49.7 Å². The third-order valence-electron chi connectivity index (χ3n) is 7.63. The smallest absolute Gasteiger partial charge is 0.244 e. The predicted octanol–water partition coefficient (Wildman–Crippen LogP) is 8.01. The zero-order chi connectivity index (χ0) is 27.4. The van der Waals surface area contributed by atoms with Gasteiger partial charge in [-0.05, 0) is 98.9 Å². The molecule has 1 atom stereocenters. The molecule has 198 valence electrons. The normalized spacial score (nSPS) is 15.1. The first-order valence-electron chi connectivity index (χ1n) is 13.3. The number of aryl methyl sites for hydroxylation is 1. The number of ether oxygens (including phenoxy) is 1. The van der Waals surface area contributed by atoms with Crippen LogP contribution in [0.4, 0.5) is 0 Å². The summed E-state index contributed by atoms with van der Waals surface area (Å²) >= 11 is 0. The van der Waals surface area contributed by atoms with Crippen LogP contribution in [0.3, 0.4) is 0 Å². The van der Waals surface area contributed by atoms with Gasteiger partial charge in [0, 0.05) is 18.5 Å². The summed E-state index contributed by atoms with van der Waals surface area (Å²) in [5.41, 5.74) is 8.78. The molecule has 0 saturated carbocycles. The maximum Gasteiger partial charge on any atom is 0.244 e. The van der Waals surface area contributed by atoms with E-state index in [1.165, 1.54) is 5.56 Å². The van der Waals surface area contributed by atoms with Gasteiger partial charge < -0.3 is 4.74 Å². The molecule has 4 aromatic carbocycles. The van der Waals surface area contributed by atoms with Crippen LogP contribution in [0.5, 0.6) is 0 Å². The lowest BCUT2D eigenvalue weighted by Gasteiger charge is -2.30. The molecule has 0 aliphatic carbocycles. The van der Waals surface area contributed by atoms with Gasteiger partial charge in [0.25, 0.3) is 0 Å². The molecule has 4 aromatic rings. The zero-order valence-electron chi connectivity index (χ0n) is 23.4. The molecular weight excluding hydrogens is 490 g/mol. The van der Waals surface area contributed by atoms with Crippen molar-refractivity contribution in [3.63, 3.8) is 0 Å². The topological polar surface area (TPSA) is 46.6 Å². The Labute approximate surface area is 227 Å². The van der Waals surface area contributed by atoms with Crippen molar-refractivity contribution in [3.8, 4) is 11.1 Å². The van der Waals surface area contributed by atoms with Crippen molar-refractivity contribution in [2.75, 3.05) is 0 Å². The highest BCUT2D eigenvalue weighted by Crippen LogP contribution is 2.44. The van der Waals surface area contributed by atoms with Gasteiger partial charge in [-0.1, -0.05) is 66.2 Å². The number of benzene rings is 4. The van der Waals surface area contributed by atoms with Crippen LogP contribution in [0.15, 0.2) is 71.6 Å². The first-order valence-corrected chi connectivity index (χ1v) is 14.7. The van der Waals surface area contributed by atoms with Crippen molar-refractivity contribution >= 4 is 20.8 Å². The Morgan fingerprint density at radius 1 is 0.816 bits per heavy atom. The van der Waals surface area contributed by atoms with Crippen molar-refractivity contribution in [2.45, 2.75) is 78.2 Å². The van der Waals surface area contributed by atoms with E-state index in [1.807, 2.05) is 36.4 Å². The lowest BCUT2D eigenvalue weighted by molar-refractivity contribution is -0.0530. The molecular formula is C33H37NO3S.